The van der Waals surface area contributed by atoms with Crippen LogP contribution >= 0.6 is 0 Å². The van der Waals surface area contributed by atoms with Crippen molar-refractivity contribution in [3.63, 3.8) is 0 Å². The maximum Gasteiger partial charge on any atom is 0.320 e. The number of hydrogen-bond donors (Lipinski definition) is 1. The Kier molecular flexibility index (Phi) is 4.54. The highest BCUT2D eigenvalue weighted by atomic mass is 16.7. The number of nitrogens with zero attached hydrogens (tertiary/aromatic N) is 3. The number of carbonyl (C=O) groups excluding carboxylic acids is 2. The molecular weight excluding hydrogens is 340 g/mol. The van der Waals surface area contributed by atoms with E-state index in [1.165, 1.54) is 0 Å². The third-order valence-electron chi connectivity index (χ3n) is 4.97. The Labute approximate surface area is 150 Å². The van der Waals surface area contributed by atoms with Crippen LogP contribution in [0.1, 0.15) is 18.6 Å². The van der Waals surface area contributed by atoms with Gasteiger partial charge in [-0.3, -0.25) is 4.79 Å². The lowest BCUT2D eigenvalue weighted by molar-refractivity contribution is -0.115. The molecular formula is C17H22N4O5. The van der Waals surface area contributed by atoms with Crippen LogP contribution in [0.4, 0.5) is 4.79 Å². The minimum Gasteiger partial charge on any atom is -0.467 e. The zero-order valence-corrected chi connectivity index (χ0v) is 14.5. The summed E-state index contributed by atoms with van der Waals surface area (Å²) < 4.78 is 10.5. The zero-order chi connectivity index (χ0) is 18.0. The van der Waals surface area contributed by atoms with Crippen molar-refractivity contribution in [1.82, 2.24) is 15.1 Å². The normalized spacial score (nSPS) is 25.3. The Morgan fingerprint density at radius 2 is 2.08 bits per heavy atom. The monoisotopic (exact) mass is 362 g/mol. The van der Waals surface area contributed by atoms with Gasteiger partial charge >= 0.3 is 6.03 Å². The molecule has 1 N–H and O–H groups in total. The van der Waals surface area contributed by atoms with Crippen molar-refractivity contribution in [2.45, 2.75) is 25.0 Å². The summed E-state index contributed by atoms with van der Waals surface area (Å²) in [6.07, 6.45) is 2.64. The van der Waals surface area contributed by atoms with Crippen molar-refractivity contribution < 1.29 is 23.6 Å². The largest absolute Gasteiger partial charge is 0.467 e. The number of likely N-dealkylation sites (tertiary alicyclic amines) is 1. The summed E-state index contributed by atoms with van der Waals surface area (Å²) in [6.45, 7) is 3.73. The Hall–Kier alpha value is -2.55. The van der Waals surface area contributed by atoms with Crippen LogP contribution in [0.25, 0.3) is 0 Å². The van der Waals surface area contributed by atoms with Crippen molar-refractivity contribution in [2.24, 2.45) is 5.16 Å². The van der Waals surface area contributed by atoms with E-state index in [4.69, 9.17) is 14.0 Å². The lowest BCUT2D eigenvalue weighted by atomic mass is 9.96. The number of ether oxygens (including phenoxy) is 1. The van der Waals surface area contributed by atoms with E-state index in [1.807, 2.05) is 0 Å². The van der Waals surface area contributed by atoms with E-state index in [9.17, 15) is 9.59 Å². The fourth-order valence-corrected chi connectivity index (χ4v) is 3.51. The Morgan fingerprint density at radius 1 is 1.23 bits per heavy atom. The molecule has 2 fully saturated rings. The van der Waals surface area contributed by atoms with E-state index in [2.05, 4.69) is 10.5 Å². The number of carbonyl (C=O) groups is 2. The predicted octanol–water partition coefficient (Wildman–Crippen LogP) is 0.569. The van der Waals surface area contributed by atoms with Crippen LogP contribution in [-0.2, 0) is 20.9 Å². The maximum atomic E-state index is 12.6. The molecule has 9 nitrogen and oxygen atoms in total. The summed E-state index contributed by atoms with van der Waals surface area (Å²) >= 11 is 0. The maximum absolute atomic E-state index is 12.6. The van der Waals surface area contributed by atoms with E-state index in [0.717, 1.165) is 0 Å². The summed E-state index contributed by atoms with van der Waals surface area (Å²) in [5, 5.41) is 6.75. The molecule has 0 bridgehead atoms. The van der Waals surface area contributed by atoms with E-state index in [-0.39, 0.29) is 11.9 Å². The topological polar surface area (TPSA) is 96.6 Å². The van der Waals surface area contributed by atoms with Gasteiger partial charge in [0.25, 0.3) is 5.91 Å². The second-order valence-corrected chi connectivity index (χ2v) is 6.80. The van der Waals surface area contributed by atoms with E-state index in [0.29, 0.717) is 70.3 Å². The molecule has 1 spiro atoms. The SMILES string of the molecule is O=C(NCc1ccco1)C1=NOC2(CCN(C(=O)N3CCOCC3)C2)C1. The van der Waals surface area contributed by atoms with Crippen LogP contribution in [0, 0.1) is 0 Å². The van der Waals surface area contributed by atoms with Gasteiger partial charge in [-0.15, -0.1) is 0 Å². The van der Waals surface area contributed by atoms with Gasteiger partial charge in [-0.05, 0) is 12.1 Å². The molecule has 9 heteroatoms. The van der Waals surface area contributed by atoms with Gasteiger partial charge in [0.05, 0.1) is 32.6 Å². The second-order valence-electron chi connectivity index (χ2n) is 6.80. The molecule has 140 valence electrons. The minimum atomic E-state index is -0.584. The van der Waals surface area contributed by atoms with Crippen molar-refractivity contribution in [2.75, 3.05) is 39.4 Å². The quantitative estimate of drug-likeness (QED) is 0.848. The lowest BCUT2D eigenvalue weighted by Crippen LogP contribution is -2.48. The highest BCUT2D eigenvalue weighted by Crippen LogP contribution is 2.34. The molecule has 1 aromatic heterocycles. The highest BCUT2D eigenvalue weighted by Gasteiger charge is 2.48. The van der Waals surface area contributed by atoms with Crippen LogP contribution in [-0.4, -0.2) is 72.4 Å². The summed E-state index contributed by atoms with van der Waals surface area (Å²) in [5.41, 5.74) is -0.225. The number of urea groups is 1. The molecule has 1 aromatic rings. The number of rotatable bonds is 3. The molecule has 0 aliphatic carbocycles. The first-order chi connectivity index (χ1) is 12.7. The van der Waals surface area contributed by atoms with Crippen molar-refractivity contribution in [1.29, 1.82) is 0 Å². The van der Waals surface area contributed by atoms with Crippen molar-refractivity contribution >= 4 is 17.6 Å². The Balaban J connectivity index is 1.29. The van der Waals surface area contributed by atoms with Gasteiger partial charge in [0, 0.05) is 32.5 Å². The van der Waals surface area contributed by atoms with E-state index < -0.39 is 5.60 Å². The number of furan rings is 1. The number of nitrogens with one attached hydrogen (secondary N) is 1. The average Bonchev–Trinajstić information content (AvgIpc) is 3.42. The smallest absolute Gasteiger partial charge is 0.320 e. The molecule has 3 amide bonds. The number of morpholine rings is 1. The van der Waals surface area contributed by atoms with E-state index in [1.54, 1.807) is 28.2 Å². The van der Waals surface area contributed by atoms with E-state index >= 15 is 0 Å². The van der Waals surface area contributed by atoms with Gasteiger partial charge in [0.15, 0.2) is 5.60 Å². The van der Waals surface area contributed by atoms with Gasteiger partial charge in [-0.2, -0.15) is 0 Å². The molecule has 3 aliphatic heterocycles. The molecule has 26 heavy (non-hydrogen) atoms. The van der Waals surface area contributed by atoms with Crippen LogP contribution in [0.2, 0.25) is 0 Å². The predicted molar refractivity (Wildman–Crippen MR) is 90.4 cm³/mol. The fraction of sp³-hybridized carbons (Fsp3) is 0.588. The van der Waals surface area contributed by atoms with Gasteiger partial charge in [0.2, 0.25) is 0 Å². The van der Waals surface area contributed by atoms with Crippen LogP contribution in [0.15, 0.2) is 28.0 Å². The standard InChI is InChI=1S/C17H22N4O5/c22-15(18-11-13-2-1-7-25-13)14-10-17(26-19-14)3-4-21(12-17)16(23)20-5-8-24-9-6-20/h1-2,7H,3-6,8-12H2,(H,18,22). The number of oxime groups is 1. The third-order valence-corrected chi connectivity index (χ3v) is 4.97. The molecule has 2 saturated heterocycles. The van der Waals surface area contributed by atoms with Gasteiger partial charge in [-0.25, -0.2) is 4.79 Å². The molecule has 3 aliphatic rings. The zero-order valence-electron chi connectivity index (χ0n) is 14.5. The Morgan fingerprint density at radius 3 is 2.85 bits per heavy atom. The third kappa shape index (κ3) is 3.39. The van der Waals surface area contributed by atoms with Gasteiger partial charge in [-0.1, -0.05) is 5.16 Å². The fourth-order valence-electron chi connectivity index (χ4n) is 3.51. The lowest BCUT2D eigenvalue weighted by Gasteiger charge is -2.31. The first-order valence-corrected chi connectivity index (χ1v) is 8.82. The molecule has 0 aromatic carbocycles. The Bertz CT molecular complexity index is 698. The van der Waals surface area contributed by atoms with Crippen LogP contribution in [0.5, 0.6) is 0 Å². The molecule has 4 heterocycles. The summed E-state index contributed by atoms with van der Waals surface area (Å²) in [7, 11) is 0. The van der Waals surface area contributed by atoms with Crippen molar-refractivity contribution in [3.8, 4) is 0 Å². The first kappa shape index (κ1) is 16.9. The molecule has 0 saturated carbocycles. The summed E-state index contributed by atoms with van der Waals surface area (Å²) in [5.74, 6) is 0.409. The van der Waals surface area contributed by atoms with Gasteiger partial charge < -0.3 is 29.1 Å². The van der Waals surface area contributed by atoms with Crippen LogP contribution < -0.4 is 5.32 Å². The second kappa shape index (κ2) is 6.99. The number of hydrogen-bond acceptors (Lipinski definition) is 6. The summed E-state index contributed by atoms with van der Waals surface area (Å²) in [4.78, 5) is 34.1. The molecule has 1 atom stereocenters. The van der Waals surface area contributed by atoms with Crippen LogP contribution in [0.3, 0.4) is 0 Å². The van der Waals surface area contributed by atoms with Crippen molar-refractivity contribution in [3.05, 3.63) is 24.2 Å². The van der Waals surface area contributed by atoms with Gasteiger partial charge in [0.1, 0.15) is 11.5 Å². The minimum absolute atomic E-state index is 0.00416. The number of amides is 3. The highest BCUT2D eigenvalue weighted by molar-refractivity contribution is 6.39. The summed E-state index contributed by atoms with van der Waals surface area (Å²) in [6, 6.07) is 3.57. The molecule has 4 rings (SSSR count). The molecule has 0 radical (unpaired) electrons. The molecule has 1 unspecified atom stereocenters. The average molecular weight is 362 g/mol. The first-order valence-electron chi connectivity index (χ1n) is 8.82.